The first-order valence-electron chi connectivity index (χ1n) is 8.79. The van der Waals surface area contributed by atoms with Crippen LogP contribution in [0.25, 0.3) is 0 Å². The normalized spacial score (nSPS) is 10.4. The molecule has 0 aliphatic rings. The van der Waals surface area contributed by atoms with E-state index in [2.05, 4.69) is 10.6 Å². The van der Waals surface area contributed by atoms with Gasteiger partial charge in [-0.15, -0.1) is 11.3 Å². The van der Waals surface area contributed by atoms with Crippen LogP contribution >= 0.6 is 11.3 Å². The van der Waals surface area contributed by atoms with Crippen LogP contribution < -0.4 is 10.6 Å². The lowest BCUT2D eigenvalue weighted by Crippen LogP contribution is -2.34. The highest BCUT2D eigenvalue weighted by Crippen LogP contribution is 2.20. The molecule has 0 aliphatic heterocycles. The van der Waals surface area contributed by atoms with Crippen LogP contribution in [0.2, 0.25) is 0 Å². The fraction of sp³-hybridized carbons (Fsp3) is 0.136. The van der Waals surface area contributed by atoms with E-state index >= 15 is 0 Å². The fourth-order valence-electron chi connectivity index (χ4n) is 2.58. The smallest absolute Gasteiger partial charge is 0.313 e. The molecule has 2 N–H and O–H groups in total. The minimum Gasteiger partial charge on any atom is -0.343 e. The van der Waals surface area contributed by atoms with Crippen LogP contribution in [0.15, 0.2) is 60.7 Å². The van der Waals surface area contributed by atoms with Crippen LogP contribution in [0.3, 0.4) is 0 Å². The van der Waals surface area contributed by atoms with E-state index in [1.807, 2.05) is 44.2 Å². The minimum atomic E-state index is -0.722. The average Bonchev–Trinajstić information content (AvgIpc) is 3.18. The van der Waals surface area contributed by atoms with E-state index in [4.69, 9.17) is 0 Å². The average molecular weight is 392 g/mol. The third kappa shape index (κ3) is 4.72. The summed E-state index contributed by atoms with van der Waals surface area (Å²) in [7, 11) is 0. The zero-order valence-corrected chi connectivity index (χ0v) is 16.4. The predicted molar refractivity (Wildman–Crippen MR) is 111 cm³/mol. The number of aryl methyl sites for hydroxylation is 2. The van der Waals surface area contributed by atoms with Gasteiger partial charge in [-0.2, -0.15) is 0 Å². The summed E-state index contributed by atoms with van der Waals surface area (Å²) >= 11 is 1.30. The molecule has 0 bridgehead atoms. The predicted octanol–water partition coefficient (Wildman–Crippen LogP) is 3.85. The molecule has 0 unspecified atom stereocenters. The Hall–Kier alpha value is -3.25. The topological polar surface area (TPSA) is 75.3 Å². The molecule has 0 spiro atoms. The highest BCUT2D eigenvalue weighted by Gasteiger charge is 2.15. The Morgan fingerprint density at radius 2 is 1.61 bits per heavy atom. The molecule has 0 saturated heterocycles. The largest absolute Gasteiger partial charge is 0.343 e. The fourth-order valence-corrected chi connectivity index (χ4v) is 3.49. The third-order valence-electron chi connectivity index (χ3n) is 4.32. The Morgan fingerprint density at radius 3 is 2.32 bits per heavy atom. The van der Waals surface area contributed by atoms with Gasteiger partial charge in [0.15, 0.2) is 0 Å². The highest BCUT2D eigenvalue weighted by molar-refractivity contribution is 7.14. The van der Waals surface area contributed by atoms with Gasteiger partial charge in [0, 0.05) is 16.1 Å². The number of amides is 2. The summed E-state index contributed by atoms with van der Waals surface area (Å²) in [6.07, 6.45) is 0. The van der Waals surface area contributed by atoms with Gasteiger partial charge in [-0.3, -0.25) is 14.4 Å². The zero-order chi connectivity index (χ0) is 20.1. The summed E-state index contributed by atoms with van der Waals surface area (Å²) in [5, 5.41) is 5.17. The quantitative estimate of drug-likeness (QED) is 0.512. The van der Waals surface area contributed by atoms with Gasteiger partial charge in [-0.25, -0.2) is 0 Å². The Balaban J connectivity index is 1.56. The summed E-state index contributed by atoms with van der Waals surface area (Å²) < 4.78 is 0. The van der Waals surface area contributed by atoms with Crippen LogP contribution in [0.4, 0.5) is 5.69 Å². The molecule has 3 rings (SSSR count). The van der Waals surface area contributed by atoms with E-state index < -0.39 is 11.8 Å². The lowest BCUT2D eigenvalue weighted by molar-refractivity contribution is -0.136. The Morgan fingerprint density at radius 1 is 0.857 bits per heavy atom. The second-order valence-electron chi connectivity index (χ2n) is 6.40. The summed E-state index contributed by atoms with van der Waals surface area (Å²) in [4.78, 5) is 37.9. The van der Waals surface area contributed by atoms with Gasteiger partial charge in [0.2, 0.25) is 5.78 Å². The van der Waals surface area contributed by atoms with E-state index in [-0.39, 0.29) is 12.3 Å². The van der Waals surface area contributed by atoms with Crippen molar-refractivity contribution in [3.8, 4) is 0 Å². The zero-order valence-electron chi connectivity index (χ0n) is 15.6. The van der Waals surface area contributed by atoms with Gasteiger partial charge in [0.1, 0.15) is 0 Å². The van der Waals surface area contributed by atoms with E-state index in [0.717, 1.165) is 16.0 Å². The number of carbonyl (C=O) groups excluding carboxylic acids is 3. The number of hydrogen-bond acceptors (Lipinski definition) is 4. The monoisotopic (exact) mass is 392 g/mol. The maximum atomic E-state index is 12.4. The van der Waals surface area contributed by atoms with Crippen molar-refractivity contribution in [1.29, 1.82) is 0 Å². The molecule has 1 heterocycles. The summed E-state index contributed by atoms with van der Waals surface area (Å²) in [5.74, 6) is -1.50. The molecule has 0 atom stereocenters. The van der Waals surface area contributed by atoms with Crippen LogP contribution in [0.1, 0.15) is 31.2 Å². The molecule has 1 aromatic heterocycles. The minimum absolute atomic E-state index is 0.0596. The Kier molecular flexibility index (Phi) is 6.01. The van der Waals surface area contributed by atoms with Crippen molar-refractivity contribution in [3.05, 3.63) is 87.1 Å². The number of carbonyl (C=O) groups is 3. The molecule has 28 heavy (non-hydrogen) atoms. The summed E-state index contributed by atoms with van der Waals surface area (Å²) in [6.45, 7) is 4.10. The number of anilines is 1. The first-order chi connectivity index (χ1) is 13.4. The summed E-state index contributed by atoms with van der Waals surface area (Å²) in [6, 6.07) is 18.0. The third-order valence-corrected chi connectivity index (χ3v) is 5.40. The van der Waals surface area contributed by atoms with Gasteiger partial charge < -0.3 is 10.6 Å². The molecule has 142 valence electrons. The molecule has 0 fully saturated rings. The lowest BCUT2D eigenvalue weighted by atomic mass is 10.1. The molecule has 0 aliphatic carbocycles. The van der Waals surface area contributed by atoms with E-state index in [1.54, 1.807) is 30.3 Å². The van der Waals surface area contributed by atoms with Crippen LogP contribution in [0.5, 0.6) is 0 Å². The van der Waals surface area contributed by atoms with E-state index in [9.17, 15) is 14.4 Å². The van der Waals surface area contributed by atoms with Gasteiger partial charge >= 0.3 is 11.8 Å². The van der Waals surface area contributed by atoms with Crippen molar-refractivity contribution in [2.75, 3.05) is 5.32 Å². The van der Waals surface area contributed by atoms with Crippen molar-refractivity contribution in [3.63, 3.8) is 0 Å². The van der Waals surface area contributed by atoms with Crippen LogP contribution in [-0.2, 0) is 16.1 Å². The van der Waals surface area contributed by atoms with Gasteiger partial charge in [0.25, 0.3) is 0 Å². The number of ketones is 1. The molecule has 3 aromatic rings. The SMILES string of the molecule is Cc1ccc(NC(=O)C(=O)NCc2ccc(C(=O)c3ccccc3)s2)cc1C. The van der Waals surface area contributed by atoms with Crippen molar-refractivity contribution in [2.45, 2.75) is 20.4 Å². The molecular formula is C22H20N2O3S. The maximum Gasteiger partial charge on any atom is 0.313 e. The van der Waals surface area contributed by atoms with E-state index in [0.29, 0.717) is 16.1 Å². The van der Waals surface area contributed by atoms with Crippen molar-refractivity contribution in [1.82, 2.24) is 5.32 Å². The van der Waals surface area contributed by atoms with Crippen molar-refractivity contribution >= 4 is 34.6 Å². The second kappa shape index (κ2) is 8.63. The lowest BCUT2D eigenvalue weighted by Gasteiger charge is -2.07. The maximum absolute atomic E-state index is 12.4. The molecule has 2 aromatic carbocycles. The molecule has 2 amide bonds. The van der Waals surface area contributed by atoms with Gasteiger partial charge in [-0.05, 0) is 49.2 Å². The number of thiophene rings is 1. The molecule has 6 heteroatoms. The highest BCUT2D eigenvalue weighted by atomic mass is 32.1. The first kappa shape index (κ1) is 19.5. The Labute approximate surface area is 167 Å². The molecule has 0 saturated carbocycles. The standard InChI is InChI=1S/C22H20N2O3S/c1-14-8-9-17(12-15(14)2)24-22(27)21(26)23-13-18-10-11-19(28-18)20(25)16-6-4-3-5-7-16/h3-12H,13H2,1-2H3,(H,23,26)(H,24,27). The molecule has 5 nitrogen and oxygen atoms in total. The number of hydrogen-bond donors (Lipinski definition) is 2. The molecule has 0 radical (unpaired) electrons. The van der Waals surface area contributed by atoms with E-state index in [1.165, 1.54) is 11.3 Å². The number of nitrogens with one attached hydrogen (secondary N) is 2. The van der Waals surface area contributed by atoms with Crippen molar-refractivity contribution < 1.29 is 14.4 Å². The number of rotatable bonds is 5. The second-order valence-corrected chi connectivity index (χ2v) is 7.57. The van der Waals surface area contributed by atoms with Crippen LogP contribution in [-0.4, -0.2) is 17.6 Å². The number of benzene rings is 2. The van der Waals surface area contributed by atoms with Crippen molar-refractivity contribution in [2.24, 2.45) is 0 Å². The first-order valence-corrected chi connectivity index (χ1v) is 9.60. The summed E-state index contributed by atoms with van der Waals surface area (Å²) in [5.41, 5.74) is 3.34. The van der Waals surface area contributed by atoms with Crippen LogP contribution in [0, 0.1) is 13.8 Å². The molecular weight excluding hydrogens is 372 g/mol. The Bertz CT molecular complexity index is 1030. The van der Waals surface area contributed by atoms with Gasteiger partial charge in [0.05, 0.1) is 11.4 Å². The van der Waals surface area contributed by atoms with Gasteiger partial charge in [-0.1, -0.05) is 36.4 Å².